The average molecular weight is 701 g/mol. The Morgan fingerprint density at radius 1 is 0.360 bits per heavy atom. The molecule has 0 aliphatic heterocycles. The molecule has 6 rings (SSSR count). The Balaban J connectivity index is 0.000000223. The van der Waals surface area contributed by atoms with E-state index in [0.717, 1.165) is 26.2 Å². The Kier molecular flexibility index (Phi) is 16.3. The molecular formula is C44H46O4P2. The lowest BCUT2D eigenvalue weighted by atomic mass is 10.4. The fourth-order valence-corrected chi connectivity index (χ4v) is 14.2. The minimum Gasteiger partial charge on any atom is -0.550 e. The van der Waals surface area contributed by atoms with Crippen LogP contribution in [0.1, 0.15) is 27.7 Å². The van der Waals surface area contributed by atoms with Crippen molar-refractivity contribution in [1.29, 1.82) is 0 Å². The Morgan fingerprint density at radius 3 is 0.580 bits per heavy atom. The van der Waals surface area contributed by atoms with Crippen LogP contribution in [0.4, 0.5) is 0 Å². The van der Waals surface area contributed by atoms with Crippen molar-refractivity contribution >= 4 is 58.3 Å². The summed E-state index contributed by atoms with van der Waals surface area (Å²) < 4.78 is 0. The van der Waals surface area contributed by atoms with Gasteiger partial charge in [-0.25, -0.2) is 0 Å². The van der Waals surface area contributed by atoms with Crippen molar-refractivity contribution in [2.75, 3.05) is 12.3 Å². The minimum atomic E-state index is -1.53. The summed E-state index contributed by atoms with van der Waals surface area (Å²) in [5, 5.41) is 26.6. The SMILES string of the molecule is CC(=O)[O-].CC(=O)[O-].CC[P+](c1ccccc1)(c1ccccc1)c1ccccc1.CC[P+](c1ccccc1)(c1ccccc1)c1ccccc1. The third-order valence-corrected chi connectivity index (χ3v) is 17.1. The van der Waals surface area contributed by atoms with Gasteiger partial charge in [-0.15, -0.1) is 0 Å². The number of carbonyl (C=O) groups excluding carboxylic acids is 2. The lowest BCUT2D eigenvalue weighted by Crippen LogP contribution is -2.32. The molecule has 0 spiro atoms. The number of carboxylic acids is 2. The largest absolute Gasteiger partial charge is 0.550 e. The molecule has 0 amide bonds. The molecule has 0 unspecified atom stereocenters. The van der Waals surface area contributed by atoms with Crippen molar-refractivity contribution in [2.45, 2.75) is 27.7 Å². The van der Waals surface area contributed by atoms with Crippen LogP contribution in [-0.4, -0.2) is 24.3 Å². The fourth-order valence-electron chi connectivity index (χ4n) is 6.08. The zero-order valence-corrected chi connectivity index (χ0v) is 31.1. The van der Waals surface area contributed by atoms with Gasteiger partial charge >= 0.3 is 0 Å². The summed E-state index contributed by atoms with van der Waals surface area (Å²) in [6.45, 7) is 6.58. The maximum absolute atomic E-state index is 8.89. The van der Waals surface area contributed by atoms with Crippen molar-refractivity contribution in [3.63, 3.8) is 0 Å². The molecule has 50 heavy (non-hydrogen) atoms. The number of carbonyl (C=O) groups is 2. The molecule has 0 bridgehead atoms. The van der Waals surface area contributed by atoms with Gasteiger partial charge in [0.2, 0.25) is 0 Å². The van der Waals surface area contributed by atoms with Gasteiger partial charge in [0.15, 0.2) is 0 Å². The van der Waals surface area contributed by atoms with E-state index in [1.54, 1.807) is 0 Å². The summed E-state index contributed by atoms with van der Waals surface area (Å²) in [6.07, 6.45) is 2.29. The molecule has 0 saturated carbocycles. The van der Waals surface area contributed by atoms with Gasteiger partial charge in [0.05, 0.1) is 12.3 Å². The fraction of sp³-hybridized carbons (Fsp3) is 0.136. The second kappa shape index (κ2) is 20.6. The van der Waals surface area contributed by atoms with Gasteiger partial charge in [-0.05, 0) is 100 Å². The van der Waals surface area contributed by atoms with Gasteiger partial charge in [-0.2, -0.15) is 0 Å². The predicted molar refractivity (Wildman–Crippen MR) is 213 cm³/mol. The van der Waals surface area contributed by atoms with E-state index in [-0.39, 0.29) is 0 Å². The Morgan fingerprint density at radius 2 is 0.480 bits per heavy atom. The van der Waals surface area contributed by atoms with Gasteiger partial charge in [-0.3, -0.25) is 0 Å². The predicted octanol–water partition coefficient (Wildman–Crippen LogP) is 5.51. The molecule has 6 aromatic carbocycles. The van der Waals surface area contributed by atoms with Crippen LogP contribution in [0.3, 0.4) is 0 Å². The first-order chi connectivity index (χ1) is 24.2. The van der Waals surface area contributed by atoms with Crippen molar-refractivity contribution in [3.05, 3.63) is 182 Å². The molecular weight excluding hydrogens is 654 g/mol. The average Bonchev–Trinajstić information content (AvgIpc) is 3.15. The lowest BCUT2D eigenvalue weighted by Gasteiger charge is -2.26. The number of benzene rings is 6. The first-order valence-electron chi connectivity index (χ1n) is 16.7. The molecule has 4 nitrogen and oxygen atoms in total. The van der Waals surface area contributed by atoms with E-state index in [1.807, 2.05) is 0 Å². The topological polar surface area (TPSA) is 80.3 Å². The highest BCUT2D eigenvalue weighted by Gasteiger charge is 2.44. The first kappa shape index (κ1) is 39.6. The number of rotatable bonds is 8. The van der Waals surface area contributed by atoms with E-state index < -0.39 is 26.5 Å². The van der Waals surface area contributed by atoms with E-state index in [2.05, 4.69) is 196 Å². The molecule has 0 aliphatic carbocycles. The van der Waals surface area contributed by atoms with Crippen LogP contribution in [0.15, 0.2) is 182 Å². The third kappa shape index (κ3) is 10.6. The third-order valence-electron chi connectivity index (χ3n) is 8.13. The van der Waals surface area contributed by atoms with Gasteiger partial charge in [0.1, 0.15) is 46.4 Å². The van der Waals surface area contributed by atoms with Gasteiger partial charge < -0.3 is 19.8 Å². The summed E-state index contributed by atoms with van der Waals surface area (Å²) in [6, 6.07) is 66.0. The van der Waals surface area contributed by atoms with Crippen LogP contribution in [0.25, 0.3) is 0 Å². The summed E-state index contributed by atoms with van der Waals surface area (Å²) in [5.74, 6) is -2.17. The molecule has 256 valence electrons. The molecule has 0 radical (unpaired) electrons. The zero-order chi connectivity index (χ0) is 36.2. The molecule has 0 fully saturated rings. The Labute approximate surface area is 299 Å². The first-order valence-corrected chi connectivity index (χ1v) is 20.6. The van der Waals surface area contributed by atoms with Crippen LogP contribution in [0.5, 0.6) is 0 Å². The zero-order valence-electron chi connectivity index (χ0n) is 29.3. The van der Waals surface area contributed by atoms with Crippen LogP contribution in [0.2, 0.25) is 0 Å². The second-order valence-electron chi connectivity index (χ2n) is 11.2. The Hall–Kier alpha value is -4.88. The van der Waals surface area contributed by atoms with Crippen molar-refractivity contribution in [3.8, 4) is 0 Å². The van der Waals surface area contributed by atoms with Crippen molar-refractivity contribution < 1.29 is 19.8 Å². The lowest BCUT2D eigenvalue weighted by molar-refractivity contribution is -0.303. The number of hydrogen-bond acceptors (Lipinski definition) is 4. The standard InChI is InChI=1S/2C20H20P.2C2H4O2/c2*1-2-21(18-12-6-3-7-13-18,19-14-8-4-9-15-19)20-16-10-5-11-17-20;2*1-2(3)4/h2*3-17H,2H2,1H3;2*1H3,(H,3,4)/q2*+1;;/p-2. The van der Waals surface area contributed by atoms with E-state index in [0.29, 0.717) is 0 Å². The molecule has 0 N–H and O–H groups in total. The maximum Gasteiger partial charge on any atom is 0.111 e. The number of hydrogen-bond donors (Lipinski definition) is 0. The highest BCUT2D eigenvalue weighted by atomic mass is 31.2. The number of carboxylic acid groups (broad SMARTS) is 2. The molecule has 0 saturated heterocycles. The summed E-state index contributed by atoms with van der Waals surface area (Å²) in [7, 11) is -3.07. The monoisotopic (exact) mass is 700 g/mol. The summed E-state index contributed by atoms with van der Waals surface area (Å²) in [4.78, 5) is 17.8. The highest BCUT2D eigenvalue weighted by Crippen LogP contribution is 2.55. The van der Waals surface area contributed by atoms with E-state index in [1.165, 1.54) is 31.8 Å². The molecule has 0 aliphatic rings. The molecule has 0 atom stereocenters. The smallest absolute Gasteiger partial charge is 0.111 e. The molecule has 0 aromatic heterocycles. The van der Waals surface area contributed by atoms with E-state index in [9.17, 15) is 0 Å². The van der Waals surface area contributed by atoms with Crippen molar-refractivity contribution in [1.82, 2.24) is 0 Å². The van der Waals surface area contributed by atoms with Crippen molar-refractivity contribution in [2.24, 2.45) is 0 Å². The maximum atomic E-state index is 8.89. The summed E-state index contributed by atoms with van der Waals surface area (Å²) >= 11 is 0. The summed E-state index contributed by atoms with van der Waals surface area (Å²) in [5.41, 5.74) is 0. The molecule has 6 heteroatoms. The molecule has 0 heterocycles. The van der Waals surface area contributed by atoms with Gasteiger partial charge in [0, 0.05) is 11.9 Å². The molecule has 6 aromatic rings. The van der Waals surface area contributed by atoms with Gasteiger partial charge in [0.25, 0.3) is 0 Å². The van der Waals surface area contributed by atoms with Crippen LogP contribution < -0.4 is 42.0 Å². The normalized spacial score (nSPS) is 10.5. The highest BCUT2D eigenvalue weighted by molar-refractivity contribution is 7.96. The number of aliphatic carboxylic acids is 2. The van der Waals surface area contributed by atoms with Crippen LogP contribution in [-0.2, 0) is 9.59 Å². The minimum absolute atomic E-state index is 0.972. The van der Waals surface area contributed by atoms with E-state index in [4.69, 9.17) is 19.8 Å². The van der Waals surface area contributed by atoms with Gasteiger partial charge in [-0.1, -0.05) is 109 Å². The quantitative estimate of drug-likeness (QED) is 0.196. The van der Waals surface area contributed by atoms with Crippen LogP contribution in [0, 0.1) is 0 Å². The Bertz CT molecular complexity index is 1480. The second-order valence-corrected chi connectivity index (χ2v) is 18.9. The van der Waals surface area contributed by atoms with Crippen LogP contribution >= 0.6 is 14.5 Å². The van der Waals surface area contributed by atoms with E-state index >= 15 is 0 Å².